The summed E-state index contributed by atoms with van der Waals surface area (Å²) in [5, 5.41) is 7.77. The highest BCUT2D eigenvalue weighted by molar-refractivity contribution is 5.38. The molecule has 4 heteroatoms. The minimum Gasteiger partial charge on any atom is -0.488 e. The van der Waals surface area contributed by atoms with E-state index in [1.807, 2.05) is 43.2 Å². The number of benzene rings is 1. The van der Waals surface area contributed by atoms with E-state index >= 15 is 0 Å². The van der Waals surface area contributed by atoms with E-state index in [-0.39, 0.29) is 12.1 Å². The van der Waals surface area contributed by atoms with E-state index in [9.17, 15) is 0 Å². The Kier molecular flexibility index (Phi) is 2.80. The van der Waals surface area contributed by atoms with E-state index in [0.717, 1.165) is 17.9 Å². The number of fused-ring (bicyclic) bond motifs is 1. The van der Waals surface area contributed by atoms with E-state index in [0.29, 0.717) is 0 Å². The first-order chi connectivity index (χ1) is 8.78. The minimum absolute atomic E-state index is 0.113. The Hall–Kier alpha value is -1.81. The molecule has 0 aliphatic carbocycles. The zero-order valence-electron chi connectivity index (χ0n) is 10.6. The molecule has 3 rings (SSSR count). The SMILES string of the molecule is CNC(c1ccn(C)n1)C1Cc2ccccc2O1. The van der Waals surface area contributed by atoms with Gasteiger partial charge in [0.05, 0.1) is 11.7 Å². The molecule has 94 valence electrons. The van der Waals surface area contributed by atoms with Crippen molar-refractivity contribution < 1.29 is 4.74 Å². The molecule has 0 spiro atoms. The summed E-state index contributed by atoms with van der Waals surface area (Å²) in [4.78, 5) is 0. The second kappa shape index (κ2) is 4.46. The van der Waals surface area contributed by atoms with Gasteiger partial charge in [-0.1, -0.05) is 18.2 Å². The number of ether oxygens (including phenoxy) is 1. The molecule has 2 atom stereocenters. The number of para-hydroxylation sites is 1. The number of hydrogen-bond donors (Lipinski definition) is 1. The number of aryl methyl sites for hydroxylation is 1. The summed E-state index contributed by atoms with van der Waals surface area (Å²) in [6, 6.07) is 10.4. The average molecular weight is 243 g/mol. The van der Waals surface area contributed by atoms with Crippen LogP contribution < -0.4 is 10.1 Å². The third-order valence-corrected chi connectivity index (χ3v) is 3.41. The molecular weight excluding hydrogens is 226 g/mol. The van der Waals surface area contributed by atoms with E-state index in [4.69, 9.17) is 4.74 Å². The maximum Gasteiger partial charge on any atom is 0.124 e. The number of aromatic nitrogens is 2. The fraction of sp³-hybridized carbons (Fsp3) is 0.357. The maximum absolute atomic E-state index is 6.01. The smallest absolute Gasteiger partial charge is 0.124 e. The van der Waals surface area contributed by atoms with Crippen LogP contribution in [-0.2, 0) is 13.5 Å². The molecule has 1 aliphatic heterocycles. The first-order valence-electron chi connectivity index (χ1n) is 6.19. The number of nitrogens with zero attached hydrogens (tertiary/aromatic N) is 2. The fourth-order valence-electron chi connectivity index (χ4n) is 2.52. The molecule has 1 N–H and O–H groups in total. The van der Waals surface area contributed by atoms with Gasteiger partial charge in [0.2, 0.25) is 0 Å². The van der Waals surface area contributed by atoms with Crippen LogP contribution >= 0.6 is 0 Å². The van der Waals surface area contributed by atoms with Crippen molar-refractivity contribution in [3.8, 4) is 5.75 Å². The van der Waals surface area contributed by atoms with Crippen molar-refractivity contribution in [1.29, 1.82) is 0 Å². The molecule has 2 unspecified atom stereocenters. The second-order valence-corrected chi connectivity index (χ2v) is 4.65. The van der Waals surface area contributed by atoms with Crippen LogP contribution in [0.5, 0.6) is 5.75 Å². The Morgan fingerprint density at radius 3 is 2.89 bits per heavy atom. The lowest BCUT2D eigenvalue weighted by Gasteiger charge is -2.20. The van der Waals surface area contributed by atoms with Gasteiger partial charge in [-0.15, -0.1) is 0 Å². The molecule has 1 aliphatic rings. The van der Waals surface area contributed by atoms with Gasteiger partial charge in [-0.05, 0) is 24.7 Å². The van der Waals surface area contributed by atoms with Crippen LogP contribution in [0.1, 0.15) is 17.3 Å². The average Bonchev–Trinajstić information content (AvgIpc) is 2.96. The Morgan fingerprint density at radius 1 is 1.39 bits per heavy atom. The summed E-state index contributed by atoms with van der Waals surface area (Å²) >= 11 is 0. The largest absolute Gasteiger partial charge is 0.488 e. The summed E-state index contributed by atoms with van der Waals surface area (Å²) in [7, 11) is 3.88. The van der Waals surface area contributed by atoms with Crippen molar-refractivity contribution in [2.45, 2.75) is 18.6 Å². The Labute approximate surface area is 107 Å². The maximum atomic E-state index is 6.01. The second-order valence-electron chi connectivity index (χ2n) is 4.65. The predicted molar refractivity (Wildman–Crippen MR) is 69.6 cm³/mol. The summed E-state index contributed by atoms with van der Waals surface area (Å²) < 4.78 is 7.83. The fourth-order valence-corrected chi connectivity index (χ4v) is 2.52. The molecule has 18 heavy (non-hydrogen) atoms. The van der Waals surface area contributed by atoms with Crippen molar-refractivity contribution in [2.75, 3.05) is 7.05 Å². The molecule has 0 saturated heterocycles. The summed E-state index contributed by atoms with van der Waals surface area (Å²) in [5.41, 5.74) is 2.30. The van der Waals surface area contributed by atoms with E-state index in [2.05, 4.69) is 22.5 Å². The minimum atomic E-state index is 0.113. The molecule has 0 fully saturated rings. The van der Waals surface area contributed by atoms with Gasteiger partial charge in [-0.25, -0.2) is 0 Å². The lowest BCUT2D eigenvalue weighted by molar-refractivity contribution is 0.181. The molecule has 0 radical (unpaired) electrons. The third-order valence-electron chi connectivity index (χ3n) is 3.41. The molecule has 0 bridgehead atoms. The normalized spacial score (nSPS) is 19.3. The van der Waals surface area contributed by atoms with Crippen molar-refractivity contribution >= 4 is 0 Å². The van der Waals surface area contributed by atoms with Gasteiger partial charge in [-0.2, -0.15) is 5.10 Å². The number of likely N-dealkylation sites (N-methyl/N-ethyl adjacent to an activating group) is 1. The molecule has 1 aromatic heterocycles. The van der Waals surface area contributed by atoms with Gasteiger partial charge in [0.15, 0.2) is 0 Å². The molecule has 2 heterocycles. The number of hydrogen-bond acceptors (Lipinski definition) is 3. The van der Waals surface area contributed by atoms with Gasteiger partial charge < -0.3 is 10.1 Å². The predicted octanol–water partition coefficient (Wildman–Crippen LogP) is 1.68. The van der Waals surface area contributed by atoms with Gasteiger partial charge >= 0.3 is 0 Å². The van der Waals surface area contributed by atoms with Gasteiger partial charge in [0.25, 0.3) is 0 Å². The van der Waals surface area contributed by atoms with E-state index in [1.165, 1.54) is 5.56 Å². The van der Waals surface area contributed by atoms with Crippen LogP contribution in [0.2, 0.25) is 0 Å². The number of rotatable bonds is 3. The summed E-state index contributed by atoms with van der Waals surface area (Å²) in [6.07, 6.45) is 3.00. The number of nitrogens with one attached hydrogen (secondary N) is 1. The van der Waals surface area contributed by atoms with Crippen molar-refractivity contribution in [2.24, 2.45) is 7.05 Å². The quantitative estimate of drug-likeness (QED) is 0.891. The Balaban J connectivity index is 1.83. The van der Waals surface area contributed by atoms with Gasteiger partial charge in [0, 0.05) is 19.7 Å². The molecule has 0 amide bonds. The van der Waals surface area contributed by atoms with E-state index in [1.54, 1.807) is 0 Å². The zero-order chi connectivity index (χ0) is 12.5. The van der Waals surface area contributed by atoms with Crippen molar-refractivity contribution in [3.05, 3.63) is 47.8 Å². The lowest BCUT2D eigenvalue weighted by Crippen LogP contribution is -2.33. The third kappa shape index (κ3) is 1.88. The molecule has 2 aromatic rings. The summed E-state index contributed by atoms with van der Waals surface area (Å²) in [5.74, 6) is 0.999. The van der Waals surface area contributed by atoms with Gasteiger partial charge in [-0.3, -0.25) is 4.68 Å². The molecule has 4 nitrogen and oxygen atoms in total. The lowest BCUT2D eigenvalue weighted by atomic mass is 10.0. The van der Waals surface area contributed by atoms with Crippen LogP contribution in [-0.4, -0.2) is 22.9 Å². The molecule has 1 aromatic carbocycles. The van der Waals surface area contributed by atoms with Crippen LogP contribution in [0.4, 0.5) is 0 Å². The highest BCUT2D eigenvalue weighted by Gasteiger charge is 2.31. The monoisotopic (exact) mass is 243 g/mol. The zero-order valence-corrected chi connectivity index (χ0v) is 10.6. The standard InChI is InChI=1S/C14H17N3O/c1-15-14(11-7-8-17(2)16-11)13-9-10-5-3-4-6-12(10)18-13/h3-8,13-15H,9H2,1-2H3. The topological polar surface area (TPSA) is 39.1 Å². The van der Waals surface area contributed by atoms with Crippen LogP contribution in [0, 0.1) is 0 Å². The summed E-state index contributed by atoms with van der Waals surface area (Å²) in [6.45, 7) is 0. The van der Waals surface area contributed by atoms with Gasteiger partial charge in [0.1, 0.15) is 11.9 Å². The highest BCUT2D eigenvalue weighted by atomic mass is 16.5. The first kappa shape index (κ1) is 11.3. The molecular formula is C14H17N3O. The van der Waals surface area contributed by atoms with Crippen molar-refractivity contribution in [3.63, 3.8) is 0 Å². The van der Waals surface area contributed by atoms with Crippen molar-refractivity contribution in [1.82, 2.24) is 15.1 Å². The Morgan fingerprint density at radius 2 is 2.22 bits per heavy atom. The van der Waals surface area contributed by atoms with E-state index < -0.39 is 0 Å². The first-order valence-corrected chi connectivity index (χ1v) is 6.19. The van der Waals surface area contributed by atoms with Crippen LogP contribution in [0.15, 0.2) is 36.5 Å². The highest BCUT2D eigenvalue weighted by Crippen LogP contribution is 2.33. The van der Waals surface area contributed by atoms with Crippen LogP contribution in [0.3, 0.4) is 0 Å². The molecule has 0 saturated carbocycles. The Bertz CT molecular complexity index is 524. The van der Waals surface area contributed by atoms with Crippen LogP contribution in [0.25, 0.3) is 0 Å².